The minimum absolute atomic E-state index is 0.142. The number of hydrogen-bond donors (Lipinski definition) is 2. The van der Waals surface area contributed by atoms with Crippen molar-refractivity contribution in [2.45, 2.75) is 45.2 Å². The lowest BCUT2D eigenvalue weighted by atomic mass is 10.2. The molecule has 2 heterocycles. The monoisotopic (exact) mass is 373 g/mol. The van der Waals surface area contributed by atoms with Gasteiger partial charge in [-0.1, -0.05) is 30.3 Å². The van der Waals surface area contributed by atoms with Crippen LogP contribution in [0.1, 0.15) is 30.6 Å². The molecule has 27 heavy (non-hydrogen) atoms. The molecular weight excluding hydrogens is 350 g/mol. The van der Waals surface area contributed by atoms with Crippen molar-refractivity contribution < 1.29 is 14.6 Å². The van der Waals surface area contributed by atoms with Crippen LogP contribution >= 0.6 is 0 Å². The van der Waals surface area contributed by atoms with E-state index in [4.69, 9.17) is 4.74 Å². The maximum absolute atomic E-state index is 12.3. The first kappa shape index (κ1) is 19.1. The first-order valence-electron chi connectivity index (χ1n) is 8.79. The highest BCUT2D eigenvalue weighted by molar-refractivity contribution is 5.74. The molecule has 1 aromatic carbocycles. The van der Waals surface area contributed by atoms with Crippen LogP contribution in [0.25, 0.3) is 0 Å². The number of benzene rings is 1. The number of nitrogens with zero attached hydrogens (tertiary/aromatic N) is 2. The van der Waals surface area contributed by atoms with Crippen LogP contribution in [0.5, 0.6) is 0 Å². The Bertz CT molecular complexity index is 921. The van der Waals surface area contributed by atoms with Gasteiger partial charge in [0.2, 0.25) is 5.91 Å². The van der Waals surface area contributed by atoms with Gasteiger partial charge in [0, 0.05) is 25.1 Å². The quantitative estimate of drug-likeness (QED) is 0.796. The second-order valence-electron chi connectivity index (χ2n) is 6.76. The molecule has 0 unspecified atom stereocenters. The summed E-state index contributed by atoms with van der Waals surface area (Å²) in [5.74, 6) is -0.277. The molecule has 2 aromatic rings. The van der Waals surface area contributed by atoms with Gasteiger partial charge in [-0.15, -0.1) is 0 Å². The number of aromatic amines is 1. The van der Waals surface area contributed by atoms with Gasteiger partial charge in [-0.3, -0.25) is 19.1 Å². The third-order valence-electron chi connectivity index (χ3n) is 4.81. The van der Waals surface area contributed by atoms with Gasteiger partial charge in [0.15, 0.2) is 0 Å². The van der Waals surface area contributed by atoms with Crippen LogP contribution in [0, 0.1) is 6.92 Å². The number of H-pyrrole nitrogens is 1. The molecule has 3 rings (SSSR count). The standard InChI is InChI=1S/C19H23N3O5/c1-12-9-21(19(26)20-18(12)25)17-8-16(24)15(22(17)13(2)23)11-27-10-14-6-4-3-5-7-14/h3-7,9,15-17,24H,8,10-11H2,1-2H3,(H,20,25,26)/t15-,16+,17+/m1/s1. The minimum Gasteiger partial charge on any atom is -0.391 e. The van der Waals surface area contributed by atoms with E-state index in [1.165, 1.54) is 22.6 Å². The van der Waals surface area contributed by atoms with E-state index in [-0.39, 0.29) is 18.9 Å². The molecule has 0 saturated carbocycles. The third kappa shape index (κ3) is 4.01. The Labute approximate surface area is 156 Å². The third-order valence-corrected chi connectivity index (χ3v) is 4.81. The molecule has 1 aliphatic heterocycles. The zero-order chi connectivity index (χ0) is 19.6. The molecule has 1 amide bonds. The molecule has 144 valence electrons. The Kier molecular flexibility index (Phi) is 5.57. The summed E-state index contributed by atoms with van der Waals surface area (Å²) in [7, 11) is 0. The molecule has 8 heteroatoms. The van der Waals surface area contributed by atoms with Gasteiger partial charge in [0.1, 0.15) is 6.17 Å². The Hall–Kier alpha value is -2.71. The van der Waals surface area contributed by atoms with Crippen LogP contribution < -0.4 is 11.2 Å². The van der Waals surface area contributed by atoms with Gasteiger partial charge < -0.3 is 14.7 Å². The Balaban J connectivity index is 1.80. The second kappa shape index (κ2) is 7.89. The lowest BCUT2D eigenvalue weighted by Crippen LogP contribution is -2.46. The van der Waals surface area contributed by atoms with Crippen molar-refractivity contribution in [1.29, 1.82) is 0 Å². The molecule has 1 saturated heterocycles. The summed E-state index contributed by atoms with van der Waals surface area (Å²) in [6, 6.07) is 9.02. The van der Waals surface area contributed by atoms with Crippen molar-refractivity contribution in [2.75, 3.05) is 6.61 Å². The van der Waals surface area contributed by atoms with Crippen molar-refractivity contribution in [3.8, 4) is 0 Å². The number of aliphatic hydroxyl groups is 1. The fourth-order valence-corrected chi connectivity index (χ4v) is 3.45. The van der Waals surface area contributed by atoms with Gasteiger partial charge in [-0.2, -0.15) is 0 Å². The van der Waals surface area contributed by atoms with Crippen molar-refractivity contribution in [3.63, 3.8) is 0 Å². The fraction of sp³-hybridized carbons (Fsp3) is 0.421. The van der Waals surface area contributed by atoms with Crippen molar-refractivity contribution in [3.05, 3.63) is 68.5 Å². The lowest BCUT2D eigenvalue weighted by molar-refractivity contribution is -0.136. The van der Waals surface area contributed by atoms with Crippen molar-refractivity contribution in [1.82, 2.24) is 14.5 Å². The Morgan fingerprint density at radius 1 is 1.30 bits per heavy atom. The average Bonchev–Trinajstić information content (AvgIpc) is 2.95. The van der Waals surface area contributed by atoms with E-state index < -0.39 is 29.6 Å². The van der Waals surface area contributed by atoms with E-state index in [9.17, 15) is 19.5 Å². The molecule has 3 atom stereocenters. The number of hydrogen-bond acceptors (Lipinski definition) is 5. The molecule has 1 aromatic heterocycles. The number of amides is 1. The van der Waals surface area contributed by atoms with Crippen LogP contribution in [-0.2, 0) is 16.1 Å². The summed E-state index contributed by atoms with van der Waals surface area (Å²) < 4.78 is 7.00. The largest absolute Gasteiger partial charge is 0.391 e. The van der Waals surface area contributed by atoms with Crippen LogP contribution in [0.3, 0.4) is 0 Å². The predicted octanol–water partition coefficient (Wildman–Crippen LogP) is 0.542. The molecule has 1 aliphatic rings. The van der Waals surface area contributed by atoms with Gasteiger partial charge >= 0.3 is 5.69 Å². The van der Waals surface area contributed by atoms with Crippen LogP contribution in [0.2, 0.25) is 0 Å². The van der Waals surface area contributed by atoms with Gasteiger partial charge in [-0.05, 0) is 12.5 Å². The average molecular weight is 373 g/mol. The van der Waals surface area contributed by atoms with Crippen LogP contribution in [0.4, 0.5) is 0 Å². The number of aromatic nitrogens is 2. The molecule has 0 bridgehead atoms. The van der Waals surface area contributed by atoms with Gasteiger partial charge in [-0.25, -0.2) is 4.79 Å². The van der Waals surface area contributed by atoms with E-state index in [0.29, 0.717) is 12.2 Å². The number of aryl methyl sites for hydroxylation is 1. The Morgan fingerprint density at radius 3 is 2.67 bits per heavy atom. The molecule has 2 N–H and O–H groups in total. The van der Waals surface area contributed by atoms with Crippen molar-refractivity contribution in [2.24, 2.45) is 0 Å². The first-order valence-corrected chi connectivity index (χ1v) is 8.79. The molecule has 1 fully saturated rings. The summed E-state index contributed by atoms with van der Waals surface area (Å²) in [5.41, 5.74) is 0.270. The van der Waals surface area contributed by atoms with Gasteiger partial charge in [0.25, 0.3) is 5.56 Å². The maximum Gasteiger partial charge on any atom is 0.330 e. The summed E-state index contributed by atoms with van der Waals surface area (Å²) in [5, 5.41) is 10.5. The zero-order valence-electron chi connectivity index (χ0n) is 15.3. The number of ether oxygens (including phenoxy) is 1. The van der Waals surface area contributed by atoms with E-state index in [1.54, 1.807) is 6.92 Å². The van der Waals surface area contributed by atoms with E-state index >= 15 is 0 Å². The van der Waals surface area contributed by atoms with E-state index in [1.807, 2.05) is 30.3 Å². The van der Waals surface area contributed by atoms with E-state index in [0.717, 1.165) is 5.56 Å². The molecular formula is C19H23N3O5. The fourth-order valence-electron chi connectivity index (χ4n) is 3.45. The first-order chi connectivity index (χ1) is 12.9. The number of carbonyl (C=O) groups is 1. The summed E-state index contributed by atoms with van der Waals surface area (Å²) in [4.78, 5) is 39.8. The van der Waals surface area contributed by atoms with Gasteiger partial charge in [0.05, 0.1) is 25.4 Å². The number of rotatable bonds is 5. The predicted molar refractivity (Wildman–Crippen MR) is 98.1 cm³/mol. The molecule has 0 spiro atoms. The molecule has 0 radical (unpaired) electrons. The summed E-state index contributed by atoms with van der Waals surface area (Å²) in [6.07, 6.45) is 0.0890. The maximum atomic E-state index is 12.3. The minimum atomic E-state index is -0.839. The highest BCUT2D eigenvalue weighted by Crippen LogP contribution is 2.32. The highest BCUT2D eigenvalue weighted by atomic mass is 16.5. The van der Waals surface area contributed by atoms with E-state index in [2.05, 4.69) is 4.98 Å². The molecule has 8 nitrogen and oxygen atoms in total. The van der Waals surface area contributed by atoms with Crippen LogP contribution in [-0.4, -0.2) is 44.2 Å². The summed E-state index contributed by atoms with van der Waals surface area (Å²) >= 11 is 0. The van der Waals surface area contributed by atoms with Crippen LogP contribution in [0.15, 0.2) is 46.1 Å². The number of likely N-dealkylation sites (tertiary alicyclic amines) is 1. The smallest absolute Gasteiger partial charge is 0.330 e. The number of nitrogens with one attached hydrogen (secondary N) is 1. The number of carbonyl (C=O) groups excluding carboxylic acids is 1. The second-order valence-corrected chi connectivity index (χ2v) is 6.76. The lowest BCUT2D eigenvalue weighted by Gasteiger charge is -2.30. The molecule has 0 aliphatic carbocycles. The SMILES string of the molecule is CC(=O)N1[C@H](COCc2ccccc2)[C@@H](O)C[C@H]1n1cc(C)c(=O)[nH]c1=O. The normalized spacial score (nSPS) is 22.2. The van der Waals surface area contributed by atoms with Crippen molar-refractivity contribution >= 4 is 5.91 Å². The topological polar surface area (TPSA) is 105 Å². The Morgan fingerprint density at radius 2 is 2.00 bits per heavy atom. The highest BCUT2D eigenvalue weighted by Gasteiger charge is 2.43. The summed E-state index contributed by atoms with van der Waals surface area (Å²) in [6.45, 7) is 3.47. The zero-order valence-corrected chi connectivity index (χ0v) is 15.3. The number of aliphatic hydroxyl groups excluding tert-OH is 1.